The fraction of sp³-hybridized carbons (Fsp3) is 0.625. The van der Waals surface area contributed by atoms with Gasteiger partial charge < -0.3 is 9.53 Å². The zero-order valence-electron chi connectivity index (χ0n) is 19.0. The van der Waals surface area contributed by atoms with Crippen molar-refractivity contribution in [1.29, 1.82) is 0 Å². The van der Waals surface area contributed by atoms with Gasteiger partial charge in [-0.05, 0) is 29.1 Å². The molecule has 0 aliphatic rings. The molecular formula is C24H40O3Si. The van der Waals surface area contributed by atoms with E-state index in [1.54, 1.807) is 13.0 Å². The molecule has 1 unspecified atom stereocenters. The molecule has 1 rings (SSSR count). The predicted octanol–water partition coefficient (Wildman–Crippen LogP) is 6.24. The van der Waals surface area contributed by atoms with E-state index in [4.69, 9.17) is 4.43 Å². The average Bonchev–Trinajstić information content (AvgIpc) is 2.63. The Morgan fingerprint density at radius 1 is 0.964 bits per heavy atom. The molecule has 0 amide bonds. The molecule has 3 nitrogen and oxygen atoms in total. The summed E-state index contributed by atoms with van der Waals surface area (Å²) in [5, 5.41) is 10.4. The summed E-state index contributed by atoms with van der Waals surface area (Å²) >= 11 is 0. The maximum Gasteiger partial charge on any atom is 0.200 e. The van der Waals surface area contributed by atoms with Crippen molar-refractivity contribution < 1.29 is 14.3 Å². The van der Waals surface area contributed by atoms with Crippen LogP contribution in [0.5, 0.6) is 0 Å². The summed E-state index contributed by atoms with van der Waals surface area (Å²) in [5.41, 5.74) is 2.48. The van der Waals surface area contributed by atoms with Crippen molar-refractivity contribution in [3.63, 3.8) is 0 Å². The number of Topliss-reactive ketones (excluding diaryl/α,β-unsaturated/α-hetero) is 1. The lowest BCUT2D eigenvalue weighted by molar-refractivity contribution is -0.126. The molecule has 0 heterocycles. The van der Waals surface area contributed by atoms with Crippen molar-refractivity contribution in [1.82, 2.24) is 0 Å². The van der Waals surface area contributed by atoms with E-state index >= 15 is 0 Å². The minimum Gasteiger partial charge on any atom is -0.413 e. The number of benzene rings is 1. The van der Waals surface area contributed by atoms with Crippen molar-refractivity contribution >= 4 is 20.2 Å². The van der Waals surface area contributed by atoms with Crippen LogP contribution in [0.2, 0.25) is 16.6 Å². The van der Waals surface area contributed by atoms with Gasteiger partial charge in [0.25, 0.3) is 0 Å². The monoisotopic (exact) mass is 404 g/mol. The molecule has 0 saturated heterocycles. The van der Waals surface area contributed by atoms with Crippen LogP contribution in [0.25, 0.3) is 6.08 Å². The molecule has 0 fully saturated rings. The van der Waals surface area contributed by atoms with Crippen LogP contribution in [0, 0.1) is 5.92 Å². The summed E-state index contributed by atoms with van der Waals surface area (Å²) in [4.78, 5) is 12.7. The van der Waals surface area contributed by atoms with Gasteiger partial charge in [-0.15, -0.1) is 0 Å². The molecule has 0 aliphatic heterocycles. The van der Waals surface area contributed by atoms with Crippen molar-refractivity contribution in [2.75, 3.05) is 0 Å². The van der Waals surface area contributed by atoms with E-state index < -0.39 is 20.3 Å². The molecule has 0 aromatic heterocycles. The van der Waals surface area contributed by atoms with Gasteiger partial charge in [0.1, 0.15) is 5.78 Å². The fourth-order valence-corrected chi connectivity index (χ4v) is 10.00. The third-order valence-electron chi connectivity index (χ3n) is 5.91. The molecule has 3 atom stereocenters. The predicted molar refractivity (Wildman–Crippen MR) is 122 cm³/mol. The second-order valence-electron chi connectivity index (χ2n) is 8.97. The van der Waals surface area contributed by atoms with Gasteiger partial charge >= 0.3 is 0 Å². The first-order valence-electron chi connectivity index (χ1n) is 10.6. The maximum atomic E-state index is 12.7. The summed E-state index contributed by atoms with van der Waals surface area (Å²) in [7, 11) is -2.01. The third-order valence-corrected chi connectivity index (χ3v) is 12.1. The first-order valence-corrected chi connectivity index (χ1v) is 12.8. The van der Waals surface area contributed by atoms with Gasteiger partial charge in [0.15, 0.2) is 0 Å². The average molecular weight is 405 g/mol. The molecule has 0 spiro atoms. The topological polar surface area (TPSA) is 46.5 Å². The van der Waals surface area contributed by atoms with Gasteiger partial charge in [-0.2, -0.15) is 0 Å². The molecule has 0 radical (unpaired) electrons. The van der Waals surface area contributed by atoms with Crippen LogP contribution in [0.1, 0.15) is 67.4 Å². The van der Waals surface area contributed by atoms with Crippen molar-refractivity contribution in [3.8, 4) is 0 Å². The van der Waals surface area contributed by atoms with Crippen LogP contribution in [-0.4, -0.2) is 31.4 Å². The quantitative estimate of drug-likeness (QED) is 0.444. The van der Waals surface area contributed by atoms with E-state index in [-0.39, 0.29) is 11.9 Å². The highest BCUT2D eigenvalue weighted by Crippen LogP contribution is 2.43. The minimum atomic E-state index is -2.01. The first-order chi connectivity index (χ1) is 13.0. The Balaban J connectivity index is 2.75. The van der Waals surface area contributed by atoms with E-state index in [0.29, 0.717) is 23.0 Å². The molecule has 1 aromatic carbocycles. The lowest BCUT2D eigenvalue weighted by Crippen LogP contribution is -2.50. The number of carbonyl (C=O) groups excluding carboxylic acids is 1. The van der Waals surface area contributed by atoms with Crippen LogP contribution < -0.4 is 0 Å². The van der Waals surface area contributed by atoms with E-state index in [9.17, 15) is 9.90 Å². The Kier molecular flexibility index (Phi) is 9.82. The standard InChI is InChI=1S/C24H40O3Si/c1-17(2)28(18(3)4,19(5)6)27-20(7)16-24(26)21(8)23(25)15-14-22-12-10-9-11-13-22/h9-15,17-21,23,25H,16H2,1-8H3/b15-14+/t20-,21+,23?/m0/s1. The second-order valence-corrected chi connectivity index (χ2v) is 14.4. The van der Waals surface area contributed by atoms with Gasteiger partial charge in [-0.25, -0.2) is 0 Å². The SMILES string of the molecule is CC(C)[Si](O[C@@H](C)CC(=O)[C@H](C)C(O)/C=C/c1ccccc1)(C(C)C)C(C)C. The number of aliphatic hydroxyl groups is 1. The van der Waals surface area contributed by atoms with Crippen LogP contribution >= 0.6 is 0 Å². The Hall–Kier alpha value is -1.23. The van der Waals surface area contributed by atoms with E-state index in [1.165, 1.54) is 0 Å². The molecule has 0 aliphatic carbocycles. The number of rotatable bonds is 11. The molecular weight excluding hydrogens is 364 g/mol. The Bertz CT molecular complexity index is 600. The third kappa shape index (κ3) is 6.40. The lowest BCUT2D eigenvalue weighted by Gasteiger charge is -2.44. The highest BCUT2D eigenvalue weighted by atomic mass is 28.4. The zero-order valence-corrected chi connectivity index (χ0v) is 20.0. The van der Waals surface area contributed by atoms with Gasteiger partial charge in [0.05, 0.1) is 6.10 Å². The Morgan fingerprint density at radius 3 is 1.93 bits per heavy atom. The summed E-state index contributed by atoms with van der Waals surface area (Å²) < 4.78 is 6.67. The van der Waals surface area contributed by atoms with E-state index in [0.717, 1.165) is 5.56 Å². The highest BCUT2D eigenvalue weighted by Gasteiger charge is 2.46. The number of carbonyl (C=O) groups is 1. The zero-order chi connectivity index (χ0) is 21.5. The van der Waals surface area contributed by atoms with Crippen LogP contribution in [0.3, 0.4) is 0 Å². The van der Waals surface area contributed by atoms with E-state index in [2.05, 4.69) is 41.5 Å². The number of aliphatic hydroxyl groups excluding tert-OH is 1. The smallest absolute Gasteiger partial charge is 0.200 e. The van der Waals surface area contributed by atoms with Gasteiger partial charge in [0.2, 0.25) is 8.32 Å². The maximum absolute atomic E-state index is 12.7. The molecule has 1 N–H and O–H groups in total. The van der Waals surface area contributed by atoms with Crippen molar-refractivity contribution in [3.05, 3.63) is 42.0 Å². The summed E-state index contributed by atoms with van der Waals surface area (Å²) in [5.74, 6) is -0.392. The van der Waals surface area contributed by atoms with E-state index in [1.807, 2.05) is 43.3 Å². The second kappa shape index (κ2) is 11.1. The van der Waals surface area contributed by atoms with Crippen LogP contribution in [0.15, 0.2) is 36.4 Å². The molecule has 0 saturated carbocycles. The number of hydrogen-bond acceptors (Lipinski definition) is 3. The molecule has 158 valence electrons. The normalized spacial score (nSPS) is 16.1. The summed E-state index contributed by atoms with van der Waals surface area (Å²) in [6, 6.07) is 9.80. The summed E-state index contributed by atoms with van der Waals surface area (Å²) in [6.45, 7) is 17.3. The Labute approximate surface area is 173 Å². The number of ketones is 1. The first kappa shape index (κ1) is 24.8. The Morgan fingerprint density at radius 2 is 1.46 bits per heavy atom. The lowest BCUT2D eigenvalue weighted by atomic mass is 9.95. The molecule has 4 heteroatoms. The van der Waals surface area contributed by atoms with Gasteiger partial charge in [0, 0.05) is 18.4 Å². The van der Waals surface area contributed by atoms with Gasteiger partial charge in [-0.1, -0.05) is 91.0 Å². The fourth-order valence-electron chi connectivity index (χ4n) is 4.40. The van der Waals surface area contributed by atoms with Crippen molar-refractivity contribution in [2.45, 2.75) is 90.6 Å². The highest BCUT2D eigenvalue weighted by molar-refractivity contribution is 6.77. The van der Waals surface area contributed by atoms with Crippen molar-refractivity contribution in [2.24, 2.45) is 5.92 Å². The largest absolute Gasteiger partial charge is 0.413 e. The van der Waals surface area contributed by atoms with Gasteiger partial charge in [-0.3, -0.25) is 4.79 Å². The summed E-state index contributed by atoms with van der Waals surface area (Å²) in [6.07, 6.45) is 3.00. The number of hydrogen-bond donors (Lipinski definition) is 1. The van der Waals surface area contributed by atoms with Crippen LogP contribution in [0.4, 0.5) is 0 Å². The molecule has 1 aromatic rings. The minimum absolute atomic E-state index is 0.0527. The molecule has 28 heavy (non-hydrogen) atoms. The molecule has 0 bridgehead atoms. The van der Waals surface area contributed by atoms with Crippen LogP contribution in [-0.2, 0) is 9.22 Å².